The van der Waals surface area contributed by atoms with E-state index in [1.165, 1.54) is 0 Å². The minimum absolute atomic E-state index is 0.0140. The molecule has 0 aromatic carbocycles. The van der Waals surface area contributed by atoms with Crippen LogP contribution in [0.1, 0.15) is 92.9 Å². The van der Waals surface area contributed by atoms with Crippen LogP contribution in [0.2, 0.25) is 0 Å². The van der Waals surface area contributed by atoms with Gasteiger partial charge in [0.05, 0.1) is 24.9 Å². The Morgan fingerprint density at radius 1 is 0.857 bits per heavy atom. The van der Waals surface area contributed by atoms with Gasteiger partial charge in [-0.15, -0.1) is 0 Å². The summed E-state index contributed by atoms with van der Waals surface area (Å²) in [6.07, 6.45) is 6.80. The van der Waals surface area contributed by atoms with Gasteiger partial charge in [-0.1, -0.05) is 47.1 Å². The molecule has 5 nitrogen and oxygen atoms in total. The Balaban J connectivity index is 1.58. The maximum atomic E-state index is 13.7. The van der Waals surface area contributed by atoms with Crippen LogP contribution >= 0.6 is 0 Å². The fourth-order valence-corrected chi connectivity index (χ4v) is 10.9. The van der Waals surface area contributed by atoms with Gasteiger partial charge in [0.2, 0.25) is 0 Å². The molecule has 0 saturated heterocycles. The highest BCUT2D eigenvalue weighted by molar-refractivity contribution is 5.95. The smallest absolute Gasteiger partial charge is 0.159 e. The number of aliphatic hydroxyl groups excluding tert-OH is 4. The van der Waals surface area contributed by atoms with Crippen molar-refractivity contribution in [2.75, 3.05) is 6.61 Å². The van der Waals surface area contributed by atoms with Crippen molar-refractivity contribution in [2.45, 2.75) is 111 Å². The van der Waals surface area contributed by atoms with Crippen molar-refractivity contribution >= 4 is 5.78 Å². The maximum Gasteiger partial charge on any atom is 0.159 e. The standard InChI is InChI=1S/C30H48O5/c1-26(2)22(34)8-12-29(5)24-17(13-19(33)25(26)29)15-27(3)10-7-20-28(4,21(27)14-18(24)32)11-9-23(35)30(20,6)16-31/h13,18,20-25,31-32,34-35H,7-12,14-16H2,1-6H3. The van der Waals surface area contributed by atoms with Crippen LogP contribution in [-0.4, -0.2) is 51.1 Å². The van der Waals surface area contributed by atoms with E-state index in [1.54, 1.807) is 0 Å². The Morgan fingerprint density at radius 2 is 1.49 bits per heavy atom. The van der Waals surface area contributed by atoms with Crippen LogP contribution < -0.4 is 0 Å². The molecule has 35 heavy (non-hydrogen) atoms. The largest absolute Gasteiger partial charge is 0.396 e. The van der Waals surface area contributed by atoms with Gasteiger partial charge in [-0.05, 0) is 85.5 Å². The van der Waals surface area contributed by atoms with E-state index in [9.17, 15) is 25.2 Å². The van der Waals surface area contributed by atoms with Gasteiger partial charge in [-0.25, -0.2) is 0 Å². The molecule has 0 radical (unpaired) electrons. The predicted octanol–water partition coefficient (Wildman–Crippen LogP) is 4.26. The SMILES string of the molecule is CC12CCC3C(C)(CO)C(O)CCC3(C)C1CC(O)C1C(=CC(=O)C3C(C)(C)C(O)CCC13C)C2. The van der Waals surface area contributed by atoms with E-state index in [1.807, 2.05) is 19.9 Å². The second-order valence-corrected chi connectivity index (χ2v) is 14.9. The van der Waals surface area contributed by atoms with E-state index in [4.69, 9.17) is 0 Å². The van der Waals surface area contributed by atoms with Gasteiger partial charge < -0.3 is 20.4 Å². The van der Waals surface area contributed by atoms with E-state index < -0.39 is 29.1 Å². The Kier molecular flexibility index (Phi) is 5.83. The molecule has 11 atom stereocenters. The molecular weight excluding hydrogens is 440 g/mol. The monoisotopic (exact) mass is 488 g/mol. The number of hydrogen-bond acceptors (Lipinski definition) is 5. The van der Waals surface area contributed by atoms with Crippen molar-refractivity contribution in [3.8, 4) is 0 Å². The zero-order valence-electron chi connectivity index (χ0n) is 22.7. The molecule has 0 spiro atoms. The van der Waals surface area contributed by atoms with Crippen molar-refractivity contribution in [1.82, 2.24) is 0 Å². The first-order valence-electron chi connectivity index (χ1n) is 14.0. The molecule has 5 rings (SSSR count). The maximum absolute atomic E-state index is 13.7. The Hall–Kier alpha value is -0.750. The minimum atomic E-state index is -0.539. The summed E-state index contributed by atoms with van der Waals surface area (Å²) in [5.41, 5.74) is -0.386. The fraction of sp³-hybridized carbons (Fsp3) is 0.900. The average molecular weight is 489 g/mol. The topological polar surface area (TPSA) is 98.0 Å². The molecule has 0 amide bonds. The lowest BCUT2D eigenvalue weighted by Gasteiger charge is -2.64. The van der Waals surface area contributed by atoms with Crippen LogP contribution in [-0.2, 0) is 4.79 Å². The molecule has 4 N–H and O–H groups in total. The zero-order valence-corrected chi connectivity index (χ0v) is 22.7. The fourth-order valence-electron chi connectivity index (χ4n) is 10.9. The Bertz CT molecular complexity index is 926. The molecule has 4 fully saturated rings. The third-order valence-electron chi connectivity index (χ3n) is 12.7. The summed E-state index contributed by atoms with van der Waals surface area (Å²) >= 11 is 0. The van der Waals surface area contributed by atoms with Crippen molar-refractivity contribution in [2.24, 2.45) is 50.7 Å². The summed E-state index contributed by atoms with van der Waals surface area (Å²) < 4.78 is 0. The number of aliphatic hydroxyl groups is 4. The summed E-state index contributed by atoms with van der Waals surface area (Å²) in [5.74, 6) is 0.232. The molecule has 4 saturated carbocycles. The first-order valence-corrected chi connectivity index (χ1v) is 14.0. The molecule has 0 bridgehead atoms. The van der Waals surface area contributed by atoms with Gasteiger partial charge in [0, 0.05) is 22.7 Å². The second kappa shape index (κ2) is 7.88. The molecule has 5 heteroatoms. The Labute approximate surface area is 211 Å². The van der Waals surface area contributed by atoms with Crippen LogP contribution in [0.3, 0.4) is 0 Å². The summed E-state index contributed by atoms with van der Waals surface area (Å²) in [6, 6.07) is 0. The minimum Gasteiger partial charge on any atom is -0.396 e. The third-order valence-corrected chi connectivity index (χ3v) is 12.7. The van der Waals surface area contributed by atoms with Crippen molar-refractivity contribution < 1.29 is 25.2 Å². The summed E-state index contributed by atoms with van der Waals surface area (Å²) in [5, 5.41) is 44.1. The van der Waals surface area contributed by atoms with Crippen molar-refractivity contribution in [1.29, 1.82) is 0 Å². The van der Waals surface area contributed by atoms with Gasteiger partial charge in [0.15, 0.2) is 5.78 Å². The normalized spacial score (nSPS) is 55.5. The van der Waals surface area contributed by atoms with Gasteiger partial charge in [-0.2, -0.15) is 0 Å². The van der Waals surface area contributed by atoms with Gasteiger partial charge in [0.25, 0.3) is 0 Å². The van der Waals surface area contributed by atoms with Crippen molar-refractivity contribution in [3.05, 3.63) is 11.6 Å². The second-order valence-electron chi connectivity index (χ2n) is 14.9. The first kappa shape index (κ1) is 25.9. The van der Waals surface area contributed by atoms with E-state index >= 15 is 0 Å². The molecule has 198 valence electrons. The highest BCUT2D eigenvalue weighted by Crippen LogP contribution is 2.70. The number of hydrogen-bond donors (Lipinski definition) is 4. The quantitative estimate of drug-likeness (QED) is 0.442. The average Bonchev–Trinajstić information content (AvgIpc) is 2.88. The first-order chi connectivity index (χ1) is 16.1. The number of carbonyl (C=O) groups is 1. The van der Waals surface area contributed by atoms with Crippen LogP contribution in [0, 0.1) is 50.7 Å². The predicted molar refractivity (Wildman–Crippen MR) is 135 cm³/mol. The highest BCUT2D eigenvalue weighted by Gasteiger charge is 2.66. The molecule has 0 heterocycles. The molecule has 0 aromatic rings. The number of ketones is 1. The molecule has 0 aliphatic heterocycles. The Morgan fingerprint density at radius 3 is 2.14 bits per heavy atom. The lowest BCUT2D eigenvalue weighted by atomic mass is 9.42. The number of allylic oxidation sites excluding steroid dienone is 1. The van der Waals surface area contributed by atoms with E-state index in [0.29, 0.717) is 19.3 Å². The molecule has 5 aliphatic carbocycles. The van der Waals surface area contributed by atoms with E-state index in [2.05, 4.69) is 27.7 Å². The number of fused-ring (bicyclic) bond motifs is 6. The van der Waals surface area contributed by atoms with E-state index in [0.717, 1.165) is 37.7 Å². The molecule has 11 unspecified atom stereocenters. The van der Waals surface area contributed by atoms with E-state index in [-0.39, 0.29) is 52.3 Å². The summed E-state index contributed by atoms with van der Waals surface area (Å²) in [4.78, 5) is 13.7. The highest BCUT2D eigenvalue weighted by atomic mass is 16.3. The van der Waals surface area contributed by atoms with Crippen LogP contribution in [0.5, 0.6) is 0 Å². The molecular formula is C30H48O5. The molecule has 0 aromatic heterocycles. The van der Waals surface area contributed by atoms with Crippen molar-refractivity contribution in [3.63, 3.8) is 0 Å². The number of rotatable bonds is 1. The molecule has 5 aliphatic rings. The van der Waals surface area contributed by atoms with Gasteiger partial charge in [-0.3, -0.25) is 4.79 Å². The summed E-state index contributed by atoms with van der Waals surface area (Å²) in [7, 11) is 0. The zero-order chi connectivity index (χ0) is 25.8. The van der Waals surface area contributed by atoms with Crippen LogP contribution in [0.15, 0.2) is 11.6 Å². The third kappa shape index (κ3) is 3.30. The number of carbonyl (C=O) groups excluding carboxylic acids is 1. The van der Waals surface area contributed by atoms with Crippen LogP contribution in [0.25, 0.3) is 0 Å². The van der Waals surface area contributed by atoms with Gasteiger partial charge in [0.1, 0.15) is 0 Å². The lowest BCUT2D eigenvalue weighted by Crippen LogP contribution is -2.60. The van der Waals surface area contributed by atoms with Gasteiger partial charge >= 0.3 is 0 Å². The summed E-state index contributed by atoms with van der Waals surface area (Å²) in [6.45, 7) is 13.0. The van der Waals surface area contributed by atoms with Crippen LogP contribution in [0.4, 0.5) is 0 Å². The lowest BCUT2D eigenvalue weighted by molar-refractivity contribution is -0.193.